The van der Waals surface area contributed by atoms with E-state index in [9.17, 15) is 0 Å². The van der Waals surface area contributed by atoms with Crippen molar-refractivity contribution in [2.75, 3.05) is 4.90 Å². The normalized spacial score (nSPS) is 11.3. The highest BCUT2D eigenvalue weighted by molar-refractivity contribution is 7.26. The summed E-state index contributed by atoms with van der Waals surface area (Å²) in [4.78, 5) is 2.47. The van der Waals surface area contributed by atoms with Crippen LogP contribution in [0, 0.1) is 0 Å². The lowest BCUT2D eigenvalue weighted by atomic mass is 9.95. The number of hydrogen-bond acceptors (Lipinski definition) is 2. The molecule has 0 spiro atoms. The van der Waals surface area contributed by atoms with Gasteiger partial charge in [-0.2, -0.15) is 0 Å². The molecule has 0 unspecified atom stereocenters. The second-order valence-corrected chi connectivity index (χ2v) is 14.8. The fraction of sp³-hybridized carbons (Fsp3) is 0. The van der Waals surface area contributed by atoms with Crippen molar-refractivity contribution < 1.29 is 0 Å². The molecule has 0 aliphatic rings. The van der Waals surface area contributed by atoms with E-state index in [1.807, 2.05) is 11.3 Å². The van der Waals surface area contributed by atoms with Crippen molar-refractivity contribution in [3.05, 3.63) is 212 Å². The number of rotatable bonds is 7. The van der Waals surface area contributed by atoms with Gasteiger partial charge in [-0.05, 0) is 92.2 Å². The average Bonchev–Trinajstić information content (AvgIpc) is 3.64. The first kappa shape index (κ1) is 32.0. The Morgan fingerprint density at radius 3 is 1.76 bits per heavy atom. The molecule has 0 amide bonds. The van der Waals surface area contributed by atoms with E-state index in [2.05, 4.69) is 217 Å². The molecule has 0 N–H and O–H groups in total. The van der Waals surface area contributed by atoms with Gasteiger partial charge in [0.15, 0.2) is 0 Å². The van der Waals surface area contributed by atoms with E-state index in [0.717, 1.165) is 11.4 Å². The number of anilines is 3. The predicted molar refractivity (Wildman–Crippen MR) is 233 cm³/mol. The minimum absolute atomic E-state index is 1.11. The summed E-state index contributed by atoms with van der Waals surface area (Å²) in [5.41, 5.74) is 13.0. The molecule has 0 atom stereocenters. The van der Waals surface area contributed by atoms with Gasteiger partial charge in [0.2, 0.25) is 0 Å². The van der Waals surface area contributed by atoms with E-state index >= 15 is 0 Å². The van der Waals surface area contributed by atoms with Crippen LogP contribution in [-0.2, 0) is 0 Å². The van der Waals surface area contributed by atoms with Crippen LogP contribution < -0.4 is 4.90 Å². The maximum atomic E-state index is 2.47. The largest absolute Gasteiger partial charge is 0.309 e. The minimum Gasteiger partial charge on any atom is -0.309 e. The standard InChI is InChI=1S/C52H35NS/c1-2-14-36(15-3-1)37-30-32-39(33-31-37)46-23-6-8-26-48(46)53(49-27-13-29-51-52(49)47-24-7-9-28-50(47)54-51)43-21-11-19-41(35-43)40-18-10-20-42(34-40)45-25-12-17-38-16-4-5-22-44(38)45/h1-35H. The molecular formula is C52H35NS. The monoisotopic (exact) mass is 705 g/mol. The molecular weight excluding hydrogens is 671 g/mol. The number of thiophene rings is 1. The molecule has 254 valence electrons. The van der Waals surface area contributed by atoms with Crippen molar-refractivity contribution in [3.63, 3.8) is 0 Å². The molecule has 1 heterocycles. The third-order valence-electron chi connectivity index (χ3n) is 10.5. The van der Waals surface area contributed by atoms with Gasteiger partial charge in [-0.3, -0.25) is 0 Å². The lowest BCUT2D eigenvalue weighted by Gasteiger charge is -2.29. The van der Waals surface area contributed by atoms with E-state index in [4.69, 9.17) is 0 Å². The van der Waals surface area contributed by atoms with Gasteiger partial charge in [-0.1, -0.05) is 170 Å². The molecule has 1 aromatic heterocycles. The van der Waals surface area contributed by atoms with Crippen LogP contribution in [0.15, 0.2) is 212 Å². The number of nitrogens with zero attached hydrogens (tertiary/aromatic N) is 1. The maximum absolute atomic E-state index is 2.47. The molecule has 0 saturated heterocycles. The minimum atomic E-state index is 1.11. The molecule has 10 rings (SSSR count). The highest BCUT2D eigenvalue weighted by atomic mass is 32.1. The van der Waals surface area contributed by atoms with Crippen LogP contribution in [0.3, 0.4) is 0 Å². The van der Waals surface area contributed by atoms with Crippen LogP contribution in [0.25, 0.3) is 75.5 Å². The summed E-state index contributed by atoms with van der Waals surface area (Å²) in [6.45, 7) is 0. The Kier molecular flexibility index (Phi) is 8.09. The Morgan fingerprint density at radius 2 is 0.870 bits per heavy atom. The Balaban J connectivity index is 1.15. The molecule has 0 fully saturated rings. The highest BCUT2D eigenvalue weighted by Crippen LogP contribution is 2.48. The third kappa shape index (κ3) is 5.74. The van der Waals surface area contributed by atoms with Gasteiger partial charge in [0, 0.05) is 31.4 Å². The van der Waals surface area contributed by atoms with E-state index < -0.39 is 0 Å². The van der Waals surface area contributed by atoms with Crippen LogP contribution in [0.2, 0.25) is 0 Å². The number of fused-ring (bicyclic) bond motifs is 4. The molecule has 1 nitrogen and oxygen atoms in total. The van der Waals surface area contributed by atoms with Crippen molar-refractivity contribution in [1.29, 1.82) is 0 Å². The summed E-state index contributed by atoms with van der Waals surface area (Å²) in [7, 11) is 0. The van der Waals surface area contributed by atoms with Crippen LogP contribution in [0.1, 0.15) is 0 Å². The second-order valence-electron chi connectivity index (χ2n) is 13.7. The summed E-state index contributed by atoms with van der Waals surface area (Å²) < 4.78 is 2.58. The number of para-hydroxylation sites is 1. The molecule has 0 aliphatic carbocycles. The number of hydrogen-bond donors (Lipinski definition) is 0. The SMILES string of the molecule is c1ccc(-c2ccc(-c3ccccc3N(c3cccc(-c4cccc(-c5cccc6ccccc56)c4)c3)c3cccc4sc5ccccc5c34)cc2)cc1. The van der Waals surface area contributed by atoms with Gasteiger partial charge in [0.1, 0.15) is 0 Å². The molecule has 2 heteroatoms. The molecule has 0 bridgehead atoms. The predicted octanol–water partition coefficient (Wildman–Crippen LogP) is 15.3. The van der Waals surface area contributed by atoms with Crippen LogP contribution in [0.5, 0.6) is 0 Å². The quantitative estimate of drug-likeness (QED) is 0.160. The van der Waals surface area contributed by atoms with E-state index in [1.165, 1.54) is 81.1 Å². The topological polar surface area (TPSA) is 3.24 Å². The Bertz CT molecular complexity index is 2930. The van der Waals surface area contributed by atoms with E-state index in [-0.39, 0.29) is 0 Å². The van der Waals surface area contributed by atoms with E-state index in [0.29, 0.717) is 0 Å². The van der Waals surface area contributed by atoms with Gasteiger partial charge < -0.3 is 4.90 Å². The summed E-state index contributed by atoms with van der Waals surface area (Å²) in [6.07, 6.45) is 0. The zero-order valence-electron chi connectivity index (χ0n) is 29.6. The third-order valence-corrected chi connectivity index (χ3v) is 11.6. The molecule has 0 aliphatic heterocycles. The Hall–Kier alpha value is -6.74. The Morgan fingerprint density at radius 1 is 0.315 bits per heavy atom. The lowest BCUT2D eigenvalue weighted by molar-refractivity contribution is 1.30. The zero-order valence-corrected chi connectivity index (χ0v) is 30.4. The smallest absolute Gasteiger partial charge is 0.0555 e. The van der Waals surface area contributed by atoms with Gasteiger partial charge in [0.05, 0.1) is 11.4 Å². The molecule has 10 aromatic rings. The van der Waals surface area contributed by atoms with Gasteiger partial charge in [0.25, 0.3) is 0 Å². The van der Waals surface area contributed by atoms with Crippen molar-refractivity contribution in [2.45, 2.75) is 0 Å². The van der Waals surface area contributed by atoms with Crippen molar-refractivity contribution >= 4 is 59.3 Å². The van der Waals surface area contributed by atoms with E-state index in [1.54, 1.807) is 0 Å². The summed E-state index contributed by atoms with van der Waals surface area (Å²) in [5.74, 6) is 0. The number of benzene rings is 9. The summed E-state index contributed by atoms with van der Waals surface area (Å²) in [5, 5.41) is 5.07. The Labute approximate surface area is 319 Å². The lowest BCUT2D eigenvalue weighted by Crippen LogP contribution is -2.11. The van der Waals surface area contributed by atoms with Crippen LogP contribution in [-0.4, -0.2) is 0 Å². The van der Waals surface area contributed by atoms with Crippen molar-refractivity contribution in [2.24, 2.45) is 0 Å². The van der Waals surface area contributed by atoms with Crippen LogP contribution in [0.4, 0.5) is 17.1 Å². The van der Waals surface area contributed by atoms with Gasteiger partial charge in [-0.25, -0.2) is 0 Å². The zero-order chi connectivity index (χ0) is 35.8. The van der Waals surface area contributed by atoms with Gasteiger partial charge >= 0.3 is 0 Å². The highest BCUT2D eigenvalue weighted by Gasteiger charge is 2.21. The van der Waals surface area contributed by atoms with Crippen molar-refractivity contribution in [1.82, 2.24) is 0 Å². The van der Waals surface area contributed by atoms with Gasteiger partial charge in [-0.15, -0.1) is 11.3 Å². The summed E-state index contributed by atoms with van der Waals surface area (Å²) >= 11 is 1.86. The molecule has 9 aromatic carbocycles. The fourth-order valence-corrected chi connectivity index (χ4v) is 9.03. The molecule has 0 saturated carbocycles. The molecule has 54 heavy (non-hydrogen) atoms. The van der Waals surface area contributed by atoms with Crippen LogP contribution >= 0.6 is 11.3 Å². The first-order valence-electron chi connectivity index (χ1n) is 18.4. The first-order chi connectivity index (χ1) is 26.8. The molecule has 0 radical (unpaired) electrons. The maximum Gasteiger partial charge on any atom is 0.0555 e. The second kappa shape index (κ2) is 13.7. The van der Waals surface area contributed by atoms with Crippen molar-refractivity contribution in [3.8, 4) is 44.5 Å². The average molecular weight is 706 g/mol. The fourth-order valence-electron chi connectivity index (χ4n) is 7.90. The summed E-state index contributed by atoms with van der Waals surface area (Å²) in [6, 6.07) is 77.2. The first-order valence-corrected chi connectivity index (χ1v) is 19.2.